The number of aliphatic hydroxyl groups excluding tert-OH is 1. The van der Waals surface area contributed by atoms with Crippen molar-refractivity contribution in [3.8, 4) is 0 Å². The summed E-state index contributed by atoms with van der Waals surface area (Å²) in [6.45, 7) is 21.3. The van der Waals surface area contributed by atoms with Gasteiger partial charge in [0.05, 0.1) is 25.2 Å². The fourth-order valence-corrected chi connectivity index (χ4v) is 10.6. The normalized spacial score (nSPS) is 17.5. The molecule has 0 aromatic rings. The number of carboxylic acid groups (broad SMARTS) is 1. The van der Waals surface area contributed by atoms with Gasteiger partial charge in [-0.3, -0.25) is 57.5 Å². The van der Waals surface area contributed by atoms with Gasteiger partial charge in [-0.15, -0.1) is 0 Å². The largest absolute Gasteiger partial charge is 0.480 e. The number of carbonyl (C=O) groups is 13. The summed E-state index contributed by atoms with van der Waals surface area (Å²) in [7, 11) is 0. The highest BCUT2D eigenvalue weighted by molar-refractivity contribution is 7.98. The van der Waals surface area contributed by atoms with E-state index in [0.29, 0.717) is 31.4 Å². The van der Waals surface area contributed by atoms with Crippen molar-refractivity contribution < 1.29 is 72.5 Å². The molecule has 15 N–H and O–H groups in total. The molecular weight excluding hydrogens is 1230 g/mol. The summed E-state index contributed by atoms with van der Waals surface area (Å²) >= 11 is 9.74. The molecule has 1 rings (SSSR count). The summed E-state index contributed by atoms with van der Waals surface area (Å²) < 4.78 is 0. The topological polar surface area (TPSA) is 424 Å². The van der Waals surface area contributed by atoms with Crippen molar-refractivity contribution in [1.29, 1.82) is 0 Å². The number of amides is 12. The molecule has 0 radical (unpaired) electrons. The third-order valence-electron chi connectivity index (χ3n) is 15.2. The quantitative estimate of drug-likeness (QED) is 0.0322. The SMILES string of the molecule is CC[C@H](C)[C@H](NC(=O)CNC(=O)[C@H](CC(C)C)NC(=O)[C@@H](NC(=O)CNC(=O)[C@H](CCSC)NC(=O)[C@H](CC(C)C)NC(=O)[C@@H](N)CC(C)C)[C@@H](C)O)C(=O)N[C@H](C(=O)N[C@@H](CS)C(=O)N1CCC[C@H]1C(=O)N[C@H](C(=O)N[C@@H](CS)C(=O)O)[C@@H](C)CC)C(C)C. The molecule has 0 aromatic heterocycles. The van der Waals surface area contributed by atoms with E-state index in [4.69, 9.17) is 5.73 Å². The molecule has 1 aliphatic heterocycles. The molecule has 0 spiro atoms. The van der Waals surface area contributed by atoms with E-state index in [1.54, 1.807) is 61.6 Å². The third kappa shape index (κ3) is 28.3. The van der Waals surface area contributed by atoms with Gasteiger partial charge in [0.1, 0.15) is 60.4 Å². The summed E-state index contributed by atoms with van der Waals surface area (Å²) in [5, 5.41) is 48.4. The van der Waals surface area contributed by atoms with Gasteiger partial charge in [-0.1, -0.05) is 95.9 Å². The van der Waals surface area contributed by atoms with Crippen LogP contribution < -0.4 is 64.2 Å². The van der Waals surface area contributed by atoms with Gasteiger partial charge in [-0.2, -0.15) is 37.0 Å². The van der Waals surface area contributed by atoms with Crippen LogP contribution in [0.5, 0.6) is 0 Å². The van der Waals surface area contributed by atoms with Crippen molar-refractivity contribution >= 4 is 114 Å². The van der Waals surface area contributed by atoms with Crippen LogP contribution in [0.25, 0.3) is 0 Å². The number of nitrogens with zero attached hydrogens (tertiary/aromatic N) is 1. The van der Waals surface area contributed by atoms with E-state index in [-0.39, 0.29) is 61.5 Å². The number of likely N-dealkylation sites (tertiary alicyclic amines) is 1. The molecule has 1 aliphatic rings. The molecule has 0 aromatic carbocycles. The van der Waals surface area contributed by atoms with E-state index >= 15 is 0 Å². The van der Waals surface area contributed by atoms with Gasteiger partial charge in [0.25, 0.3) is 0 Å². The second-order valence-corrected chi connectivity index (χ2v) is 26.4. The van der Waals surface area contributed by atoms with Gasteiger partial charge in [-0.05, 0) is 93.0 Å². The highest BCUT2D eigenvalue weighted by Gasteiger charge is 2.41. The Bertz CT molecular complexity index is 2420. The zero-order valence-electron chi connectivity index (χ0n) is 54.8. The first kappa shape index (κ1) is 82.1. The summed E-state index contributed by atoms with van der Waals surface area (Å²) in [5.74, 6) is -11.9. The maximum atomic E-state index is 14.1. The zero-order chi connectivity index (χ0) is 68.9. The van der Waals surface area contributed by atoms with E-state index in [0.717, 1.165) is 0 Å². The minimum absolute atomic E-state index is 0.0231. The van der Waals surface area contributed by atoms with Crippen molar-refractivity contribution in [1.82, 2.24) is 63.4 Å². The predicted molar refractivity (Wildman–Crippen MR) is 348 cm³/mol. The molecule has 0 bridgehead atoms. The van der Waals surface area contributed by atoms with E-state index in [1.807, 2.05) is 27.7 Å². The van der Waals surface area contributed by atoms with Crippen LogP contribution in [-0.4, -0.2) is 208 Å². The molecular formula is C59H105N13O15S3. The van der Waals surface area contributed by atoms with Crippen LogP contribution in [0.15, 0.2) is 0 Å². The van der Waals surface area contributed by atoms with E-state index < -0.39 is 180 Å². The Morgan fingerprint density at radius 3 is 1.41 bits per heavy atom. The summed E-state index contributed by atoms with van der Waals surface area (Å²) in [6, 6.07) is -13.2. The van der Waals surface area contributed by atoms with Gasteiger partial charge in [0.15, 0.2) is 0 Å². The minimum atomic E-state index is -1.64. The number of nitrogens with two attached hydrogens (primary N) is 1. The number of thioether (sulfide) groups is 1. The zero-order valence-corrected chi connectivity index (χ0v) is 57.4. The number of carboxylic acids is 1. The Morgan fingerprint density at radius 2 is 0.944 bits per heavy atom. The molecule has 0 unspecified atom stereocenters. The number of aliphatic hydroxyl groups is 1. The number of carbonyl (C=O) groups excluding carboxylic acids is 12. The van der Waals surface area contributed by atoms with Crippen LogP contribution in [0.2, 0.25) is 0 Å². The van der Waals surface area contributed by atoms with E-state index in [1.165, 1.54) is 23.6 Å². The van der Waals surface area contributed by atoms with Gasteiger partial charge >= 0.3 is 5.97 Å². The Labute approximate surface area is 545 Å². The average molecular weight is 1330 g/mol. The second kappa shape index (κ2) is 41.5. The van der Waals surface area contributed by atoms with Crippen molar-refractivity contribution in [2.45, 2.75) is 214 Å². The Balaban J connectivity index is 3.15. The van der Waals surface area contributed by atoms with Gasteiger partial charge < -0.3 is 79.3 Å². The fraction of sp³-hybridized carbons (Fsp3) is 0.780. The van der Waals surface area contributed by atoms with Crippen LogP contribution in [0.3, 0.4) is 0 Å². The first-order valence-corrected chi connectivity index (χ1v) is 33.7. The number of aliphatic carboxylic acids is 1. The predicted octanol–water partition coefficient (Wildman–Crippen LogP) is -1.14. The third-order valence-corrected chi connectivity index (χ3v) is 16.6. The Kier molecular flexibility index (Phi) is 37.9. The summed E-state index contributed by atoms with van der Waals surface area (Å²) in [4.78, 5) is 176. The molecule has 0 aliphatic carbocycles. The first-order chi connectivity index (χ1) is 42.1. The average Bonchev–Trinajstić information content (AvgIpc) is 2.28. The molecule has 514 valence electrons. The maximum absolute atomic E-state index is 14.1. The highest BCUT2D eigenvalue weighted by Crippen LogP contribution is 2.21. The molecule has 1 fully saturated rings. The summed E-state index contributed by atoms with van der Waals surface area (Å²) in [5.41, 5.74) is 6.08. The Morgan fingerprint density at radius 1 is 0.522 bits per heavy atom. The molecule has 1 saturated heterocycles. The molecule has 90 heavy (non-hydrogen) atoms. The van der Waals surface area contributed by atoms with Gasteiger partial charge in [0, 0.05) is 18.1 Å². The van der Waals surface area contributed by atoms with Crippen molar-refractivity contribution in [3.63, 3.8) is 0 Å². The van der Waals surface area contributed by atoms with Crippen molar-refractivity contribution in [3.05, 3.63) is 0 Å². The lowest BCUT2D eigenvalue weighted by atomic mass is 9.96. The lowest BCUT2D eigenvalue weighted by Gasteiger charge is -2.32. The van der Waals surface area contributed by atoms with Crippen LogP contribution in [0.4, 0.5) is 0 Å². The molecule has 1 heterocycles. The van der Waals surface area contributed by atoms with Gasteiger partial charge in [-0.25, -0.2) is 4.79 Å². The van der Waals surface area contributed by atoms with Crippen LogP contribution >= 0.6 is 37.0 Å². The van der Waals surface area contributed by atoms with Crippen molar-refractivity contribution in [2.75, 3.05) is 43.1 Å². The van der Waals surface area contributed by atoms with Crippen LogP contribution in [0.1, 0.15) is 141 Å². The molecule has 28 nitrogen and oxygen atoms in total. The smallest absolute Gasteiger partial charge is 0.327 e. The minimum Gasteiger partial charge on any atom is -0.480 e. The Hall–Kier alpha value is -5.92. The van der Waals surface area contributed by atoms with E-state index in [2.05, 4.69) is 83.7 Å². The number of hydrogen-bond donors (Lipinski definition) is 16. The van der Waals surface area contributed by atoms with Crippen LogP contribution in [0, 0.1) is 35.5 Å². The number of rotatable bonds is 41. The lowest BCUT2D eigenvalue weighted by molar-refractivity contribution is -0.143. The van der Waals surface area contributed by atoms with Gasteiger partial charge in [0.2, 0.25) is 70.9 Å². The maximum Gasteiger partial charge on any atom is 0.327 e. The second-order valence-electron chi connectivity index (χ2n) is 24.7. The number of nitrogens with one attached hydrogen (secondary N) is 11. The molecule has 12 amide bonds. The van der Waals surface area contributed by atoms with Crippen LogP contribution in [-0.2, 0) is 62.3 Å². The first-order valence-electron chi connectivity index (χ1n) is 31.0. The monoisotopic (exact) mass is 1330 g/mol. The standard InChI is InChI=1S/C59H105N13O15S3/c1-15-33(11)46(56(83)70-45(32(9)10)54(81)66-40(27-88)58(85)72-20-17-18-42(72)53(80)71-47(34(12)16-2)55(82)67-41(28-89)59(86)87)68-43(74)25-62-51(78)38(23-30(5)6)65-57(84)48(35(13)73)69-44(75)26-61-50(77)37(19-21-90-14)63-52(79)39(24-31(7)8)64-49(76)36(60)22-29(3)4/h29-42,45-48,73,88-89H,15-28,60H2,1-14H3,(H,61,77)(H,62,78)(H,63,79)(H,64,76)(H,65,84)(H,66,81)(H,67,82)(H,68,74)(H,69,75)(H,70,83)(H,71,80)(H,86,87)/t33-,34-,35+,36-,37-,38-,39-,40-,41-,42-,45-,46-,47-,48-/m0/s1. The lowest BCUT2D eigenvalue weighted by Crippen LogP contribution is -2.61. The molecule has 0 saturated carbocycles. The molecule has 14 atom stereocenters. The fourth-order valence-electron chi connectivity index (χ4n) is 9.60. The number of hydrogen-bond acceptors (Lipinski definition) is 18. The van der Waals surface area contributed by atoms with E-state index in [9.17, 15) is 72.5 Å². The number of thiol groups is 2. The van der Waals surface area contributed by atoms with Crippen molar-refractivity contribution in [2.24, 2.45) is 41.2 Å². The summed E-state index contributed by atoms with van der Waals surface area (Å²) in [6.07, 6.45) is 2.56. The highest BCUT2D eigenvalue weighted by atomic mass is 32.2. The molecule has 31 heteroatoms.